The van der Waals surface area contributed by atoms with Gasteiger partial charge in [0.15, 0.2) is 0 Å². The second-order valence-corrected chi connectivity index (χ2v) is 5.18. The minimum absolute atomic E-state index is 0.197. The first kappa shape index (κ1) is 15.0. The molecular weight excluding hydrogens is 297 g/mol. The van der Waals surface area contributed by atoms with E-state index in [-0.39, 0.29) is 11.7 Å². The van der Waals surface area contributed by atoms with Crippen LogP contribution in [0, 0.1) is 5.82 Å². The first-order valence-electron chi connectivity index (χ1n) is 7.23. The van der Waals surface area contributed by atoms with Crippen LogP contribution in [0.2, 0.25) is 0 Å². The number of hydrogen-bond donors (Lipinski definition) is 1. The second kappa shape index (κ2) is 6.48. The van der Waals surface area contributed by atoms with Gasteiger partial charge in [-0.15, -0.1) is 0 Å². The van der Waals surface area contributed by atoms with Crippen LogP contribution in [-0.4, -0.2) is 22.2 Å². The molecule has 0 spiro atoms. The lowest BCUT2D eigenvalue weighted by Gasteiger charge is -2.03. The quantitative estimate of drug-likeness (QED) is 0.788. The van der Waals surface area contributed by atoms with Crippen molar-refractivity contribution in [3.63, 3.8) is 0 Å². The molecule has 118 valence electrons. The molecule has 0 radical (unpaired) electrons. The highest BCUT2D eigenvalue weighted by Gasteiger charge is 2.14. The summed E-state index contributed by atoms with van der Waals surface area (Å²) in [6, 6.07) is 9.57. The number of carbonyl (C=O) groups is 1. The van der Waals surface area contributed by atoms with Crippen LogP contribution < -0.4 is 5.32 Å². The van der Waals surface area contributed by atoms with Gasteiger partial charge in [-0.2, -0.15) is 5.10 Å². The van der Waals surface area contributed by atoms with Crippen LogP contribution in [0.3, 0.4) is 0 Å². The van der Waals surface area contributed by atoms with Gasteiger partial charge in [-0.05, 0) is 48.4 Å². The summed E-state index contributed by atoms with van der Waals surface area (Å²) in [5.41, 5.74) is 2.88. The van der Waals surface area contributed by atoms with E-state index < -0.39 is 0 Å². The first-order valence-corrected chi connectivity index (χ1v) is 7.23. The van der Waals surface area contributed by atoms with Crippen LogP contribution in [0.15, 0.2) is 53.3 Å². The Hall–Kier alpha value is -2.89. The molecule has 23 heavy (non-hydrogen) atoms. The highest BCUT2D eigenvalue weighted by Crippen LogP contribution is 2.19. The van der Waals surface area contributed by atoms with Gasteiger partial charge in [0.05, 0.1) is 18.2 Å². The van der Waals surface area contributed by atoms with E-state index in [9.17, 15) is 9.18 Å². The SMILES string of the molecule is Cn1nc(-c2ccc(F)cc2)cc1C(=O)NCCc1ccoc1. The summed E-state index contributed by atoms with van der Waals surface area (Å²) in [5.74, 6) is -0.501. The summed E-state index contributed by atoms with van der Waals surface area (Å²) in [4.78, 5) is 12.2. The standard InChI is InChI=1S/C17H16FN3O2/c1-21-16(17(22)19-8-6-12-7-9-23-11-12)10-15(20-21)13-2-4-14(18)5-3-13/h2-5,7,9-11H,6,8H2,1H3,(H,19,22). The van der Waals surface area contributed by atoms with E-state index in [1.807, 2.05) is 6.07 Å². The molecule has 2 aromatic heterocycles. The Labute approximate surface area is 132 Å². The maximum atomic E-state index is 13.0. The van der Waals surface area contributed by atoms with Crippen LogP contribution in [0.25, 0.3) is 11.3 Å². The van der Waals surface area contributed by atoms with E-state index in [1.54, 1.807) is 37.8 Å². The average molecular weight is 313 g/mol. The number of furan rings is 1. The molecule has 0 aliphatic carbocycles. The summed E-state index contributed by atoms with van der Waals surface area (Å²) in [5, 5.41) is 7.16. The number of aryl methyl sites for hydroxylation is 1. The Morgan fingerprint density at radius 2 is 2.09 bits per heavy atom. The Morgan fingerprint density at radius 1 is 1.30 bits per heavy atom. The second-order valence-electron chi connectivity index (χ2n) is 5.18. The normalized spacial score (nSPS) is 10.7. The number of hydrogen-bond acceptors (Lipinski definition) is 3. The molecule has 0 saturated heterocycles. The fourth-order valence-electron chi connectivity index (χ4n) is 2.29. The molecule has 0 atom stereocenters. The number of benzene rings is 1. The predicted molar refractivity (Wildman–Crippen MR) is 83.3 cm³/mol. The molecule has 3 rings (SSSR count). The van der Waals surface area contributed by atoms with Crippen molar-refractivity contribution in [3.8, 4) is 11.3 Å². The molecule has 2 heterocycles. The smallest absolute Gasteiger partial charge is 0.269 e. The van der Waals surface area contributed by atoms with Gasteiger partial charge in [0.25, 0.3) is 5.91 Å². The average Bonchev–Trinajstić information content (AvgIpc) is 3.17. The topological polar surface area (TPSA) is 60.1 Å². The largest absolute Gasteiger partial charge is 0.472 e. The van der Waals surface area contributed by atoms with Crippen LogP contribution in [-0.2, 0) is 13.5 Å². The van der Waals surface area contributed by atoms with Crippen molar-refractivity contribution in [2.75, 3.05) is 6.54 Å². The molecule has 1 N–H and O–H groups in total. The number of nitrogens with zero attached hydrogens (tertiary/aromatic N) is 2. The van der Waals surface area contributed by atoms with Gasteiger partial charge in [0.2, 0.25) is 0 Å². The molecule has 1 aromatic carbocycles. The monoisotopic (exact) mass is 313 g/mol. The van der Waals surface area contributed by atoms with Crippen molar-refractivity contribution >= 4 is 5.91 Å². The lowest BCUT2D eigenvalue weighted by atomic mass is 10.1. The first-order chi connectivity index (χ1) is 11.1. The van der Waals surface area contributed by atoms with Crippen LogP contribution in [0.1, 0.15) is 16.1 Å². The third kappa shape index (κ3) is 3.48. The van der Waals surface area contributed by atoms with Crippen molar-refractivity contribution < 1.29 is 13.6 Å². The highest BCUT2D eigenvalue weighted by atomic mass is 19.1. The van der Waals surface area contributed by atoms with E-state index in [4.69, 9.17) is 4.42 Å². The van der Waals surface area contributed by atoms with E-state index >= 15 is 0 Å². The predicted octanol–water partition coefficient (Wildman–Crippen LogP) is 2.79. The van der Waals surface area contributed by atoms with E-state index in [0.717, 1.165) is 11.1 Å². The third-order valence-corrected chi connectivity index (χ3v) is 3.53. The number of amides is 1. The van der Waals surface area contributed by atoms with Crippen molar-refractivity contribution in [2.45, 2.75) is 6.42 Å². The maximum Gasteiger partial charge on any atom is 0.269 e. The van der Waals surface area contributed by atoms with E-state index in [2.05, 4.69) is 10.4 Å². The van der Waals surface area contributed by atoms with Crippen LogP contribution in [0.4, 0.5) is 4.39 Å². The summed E-state index contributed by atoms with van der Waals surface area (Å²) in [6.07, 6.45) is 3.96. The Kier molecular flexibility index (Phi) is 4.23. The lowest BCUT2D eigenvalue weighted by Crippen LogP contribution is -2.27. The molecule has 3 aromatic rings. The number of halogens is 1. The Morgan fingerprint density at radius 3 is 2.78 bits per heavy atom. The fraction of sp³-hybridized carbons (Fsp3) is 0.176. The number of carbonyl (C=O) groups excluding carboxylic acids is 1. The zero-order valence-electron chi connectivity index (χ0n) is 12.6. The van der Waals surface area contributed by atoms with E-state index in [1.165, 1.54) is 16.8 Å². The molecule has 6 heteroatoms. The fourth-order valence-corrected chi connectivity index (χ4v) is 2.29. The molecule has 1 amide bonds. The summed E-state index contributed by atoms with van der Waals surface area (Å²) in [6.45, 7) is 0.509. The van der Waals surface area contributed by atoms with Gasteiger partial charge in [0.1, 0.15) is 11.5 Å². The lowest BCUT2D eigenvalue weighted by molar-refractivity contribution is 0.0944. The number of nitrogens with one attached hydrogen (secondary N) is 1. The Bertz CT molecular complexity index is 792. The molecular formula is C17H16FN3O2. The van der Waals surface area contributed by atoms with E-state index in [0.29, 0.717) is 24.4 Å². The third-order valence-electron chi connectivity index (χ3n) is 3.53. The molecule has 0 aliphatic rings. The minimum atomic E-state index is -0.304. The van der Waals surface area contributed by atoms with Crippen LogP contribution in [0.5, 0.6) is 0 Å². The summed E-state index contributed by atoms with van der Waals surface area (Å²) < 4.78 is 19.5. The molecule has 0 saturated carbocycles. The van der Waals surface area contributed by atoms with Gasteiger partial charge in [-0.25, -0.2) is 4.39 Å². The van der Waals surface area contributed by atoms with Gasteiger partial charge < -0.3 is 9.73 Å². The summed E-state index contributed by atoms with van der Waals surface area (Å²) >= 11 is 0. The summed E-state index contributed by atoms with van der Waals surface area (Å²) in [7, 11) is 1.71. The van der Waals surface area contributed by atoms with Crippen molar-refractivity contribution in [3.05, 3.63) is 66.0 Å². The molecule has 0 aliphatic heterocycles. The van der Waals surface area contributed by atoms with Gasteiger partial charge >= 0.3 is 0 Å². The number of aromatic nitrogens is 2. The van der Waals surface area contributed by atoms with Gasteiger partial charge in [-0.1, -0.05) is 0 Å². The van der Waals surface area contributed by atoms with Crippen LogP contribution >= 0.6 is 0 Å². The minimum Gasteiger partial charge on any atom is -0.472 e. The zero-order chi connectivity index (χ0) is 16.2. The maximum absolute atomic E-state index is 13.0. The molecule has 0 unspecified atom stereocenters. The van der Waals surface area contributed by atoms with Crippen molar-refractivity contribution in [2.24, 2.45) is 7.05 Å². The molecule has 0 bridgehead atoms. The zero-order valence-corrected chi connectivity index (χ0v) is 12.6. The van der Waals surface area contributed by atoms with Gasteiger partial charge in [-0.3, -0.25) is 9.48 Å². The van der Waals surface area contributed by atoms with Crippen molar-refractivity contribution in [1.82, 2.24) is 15.1 Å². The van der Waals surface area contributed by atoms with Crippen molar-refractivity contribution in [1.29, 1.82) is 0 Å². The number of rotatable bonds is 5. The highest BCUT2D eigenvalue weighted by molar-refractivity contribution is 5.93. The van der Waals surface area contributed by atoms with Gasteiger partial charge in [0, 0.05) is 19.2 Å². The molecule has 5 nitrogen and oxygen atoms in total. The molecule has 0 fully saturated rings. The Balaban J connectivity index is 1.67.